The number of halogens is 1. The molecular weight excluding hydrogens is 428 g/mol. The lowest BCUT2D eigenvalue weighted by Crippen LogP contribution is -2.29. The Morgan fingerprint density at radius 3 is 2.52 bits per heavy atom. The van der Waals surface area contributed by atoms with Crippen molar-refractivity contribution in [1.82, 2.24) is 9.62 Å². The molecule has 0 saturated carbocycles. The number of thioether (sulfide) groups is 1. The number of benzene rings is 2. The standard InChI is InChI=1S/C21H25ClN2O3S2/c1-16-4-6-17(7-5-16)15-28-13-10-23-21(25)19-14-18(8-9-20(19)22)29(26,27)24-11-2-3-12-24/h4-9,14H,2-3,10-13,15H2,1H3,(H,23,25). The Morgan fingerprint density at radius 1 is 1.14 bits per heavy atom. The maximum Gasteiger partial charge on any atom is 0.252 e. The summed E-state index contributed by atoms with van der Waals surface area (Å²) in [4.78, 5) is 12.6. The van der Waals surface area contributed by atoms with Crippen molar-refractivity contribution in [3.05, 3.63) is 64.2 Å². The van der Waals surface area contributed by atoms with Crippen molar-refractivity contribution in [3.8, 4) is 0 Å². The molecule has 8 heteroatoms. The molecule has 0 aromatic heterocycles. The fraction of sp³-hybridized carbons (Fsp3) is 0.381. The second-order valence-electron chi connectivity index (χ2n) is 7.05. The number of nitrogens with zero attached hydrogens (tertiary/aromatic N) is 1. The van der Waals surface area contributed by atoms with Crippen LogP contribution >= 0.6 is 23.4 Å². The average molecular weight is 453 g/mol. The van der Waals surface area contributed by atoms with E-state index in [1.807, 2.05) is 0 Å². The average Bonchev–Trinajstić information content (AvgIpc) is 3.25. The van der Waals surface area contributed by atoms with Gasteiger partial charge in [0.2, 0.25) is 10.0 Å². The molecule has 156 valence electrons. The van der Waals surface area contributed by atoms with E-state index in [4.69, 9.17) is 11.6 Å². The molecule has 29 heavy (non-hydrogen) atoms. The number of rotatable bonds is 8. The maximum absolute atomic E-state index is 12.7. The topological polar surface area (TPSA) is 66.5 Å². The SMILES string of the molecule is Cc1ccc(CSCCNC(=O)c2cc(S(=O)(=O)N3CCCC3)ccc2Cl)cc1. The number of hydrogen-bond donors (Lipinski definition) is 1. The minimum Gasteiger partial charge on any atom is -0.351 e. The summed E-state index contributed by atoms with van der Waals surface area (Å²) >= 11 is 7.89. The van der Waals surface area contributed by atoms with Gasteiger partial charge in [-0.2, -0.15) is 16.1 Å². The summed E-state index contributed by atoms with van der Waals surface area (Å²) in [5.41, 5.74) is 2.67. The smallest absolute Gasteiger partial charge is 0.252 e. The van der Waals surface area contributed by atoms with E-state index in [1.54, 1.807) is 11.8 Å². The molecule has 1 amide bonds. The zero-order chi connectivity index (χ0) is 20.9. The molecule has 5 nitrogen and oxygen atoms in total. The molecule has 2 aromatic carbocycles. The van der Waals surface area contributed by atoms with Gasteiger partial charge in [-0.3, -0.25) is 4.79 Å². The van der Waals surface area contributed by atoms with E-state index in [-0.39, 0.29) is 21.4 Å². The Bertz CT molecular complexity index is 956. The van der Waals surface area contributed by atoms with Crippen LogP contribution in [0.4, 0.5) is 0 Å². The third kappa shape index (κ3) is 5.75. The zero-order valence-electron chi connectivity index (χ0n) is 16.4. The Hall–Kier alpha value is -1.54. The molecule has 0 aliphatic carbocycles. The summed E-state index contributed by atoms with van der Waals surface area (Å²) in [6, 6.07) is 12.7. The predicted octanol–water partition coefficient (Wildman–Crippen LogP) is 4.10. The summed E-state index contributed by atoms with van der Waals surface area (Å²) in [5, 5.41) is 3.08. The van der Waals surface area contributed by atoms with E-state index in [1.165, 1.54) is 33.6 Å². The molecule has 1 N–H and O–H groups in total. The highest BCUT2D eigenvalue weighted by molar-refractivity contribution is 7.98. The van der Waals surface area contributed by atoms with Gasteiger partial charge >= 0.3 is 0 Å². The molecule has 1 fully saturated rings. The van der Waals surface area contributed by atoms with Gasteiger partial charge in [0.25, 0.3) is 5.91 Å². The van der Waals surface area contributed by atoms with Crippen molar-refractivity contribution in [2.24, 2.45) is 0 Å². The van der Waals surface area contributed by atoms with Gasteiger partial charge in [0.15, 0.2) is 0 Å². The first-order valence-corrected chi connectivity index (χ1v) is 12.6. The number of carbonyl (C=O) groups excluding carboxylic acids is 1. The normalized spacial score (nSPS) is 14.8. The lowest BCUT2D eigenvalue weighted by molar-refractivity contribution is 0.0956. The maximum atomic E-state index is 12.7. The van der Waals surface area contributed by atoms with Crippen molar-refractivity contribution < 1.29 is 13.2 Å². The van der Waals surface area contributed by atoms with Gasteiger partial charge in [-0.15, -0.1) is 0 Å². The van der Waals surface area contributed by atoms with Crippen LogP contribution in [0, 0.1) is 6.92 Å². The van der Waals surface area contributed by atoms with Crippen LogP contribution in [0.25, 0.3) is 0 Å². The van der Waals surface area contributed by atoms with Crippen LogP contribution in [0.5, 0.6) is 0 Å². The van der Waals surface area contributed by atoms with Gasteiger partial charge in [-0.1, -0.05) is 41.4 Å². The number of aryl methyl sites for hydroxylation is 1. The van der Waals surface area contributed by atoms with Crippen molar-refractivity contribution in [1.29, 1.82) is 0 Å². The van der Waals surface area contributed by atoms with Crippen molar-refractivity contribution in [2.75, 3.05) is 25.4 Å². The Labute approximate surface area is 181 Å². The van der Waals surface area contributed by atoms with Gasteiger partial charge in [0, 0.05) is 31.1 Å². The van der Waals surface area contributed by atoms with Gasteiger partial charge in [0.1, 0.15) is 0 Å². The highest BCUT2D eigenvalue weighted by atomic mass is 35.5. The van der Waals surface area contributed by atoms with Crippen LogP contribution in [-0.2, 0) is 15.8 Å². The fourth-order valence-corrected chi connectivity index (χ4v) is 5.69. The van der Waals surface area contributed by atoms with Crippen LogP contribution in [0.2, 0.25) is 5.02 Å². The number of amides is 1. The number of carbonyl (C=O) groups is 1. The summed E-state index contributed by atoms with van der Waals surface area (Å²) in [6.07, 6.45) is 1.72. The van der Waals surface area contributed by atoms with E-state index in [0.717, 1.165) is 24.3 Å². The zero-order valence-corrected chi connectivity index (χ0v) is 18.7. The number of hydrogen-bond acceptors (Lipinski definition) is 4. The molecule has 1 saturated heterocycles. The quantitative estimate of drug-likeness (QED) is 0.612. The van der Waals surface area contributed by atoms with E-state index >= 15 is 0 Å². The first-order chi connectivity index (χ1) is 13.9. The lowest BCUT2D eigenvalue weighted by atomic mass is 10.2. The van der Waals surface area contributed by atoms with Gasteiger partial charge in [-0.25, -0.2) is 8.42 Å². The van der Waals surface area contributed by atoms with Crippen molar-refractivity contribution in [2.45, 2.75) is 30.4 Å². The van der Waals surface area contributed by atoms with E-state index in [9.17, 15) is 13.2 Å². The van der Waals surface area contributed by atoms with Crippen LogP contribution in [0.3, 0.4) is 0 Å². The second kappa shape index (κ2) is 9.98. The summed E-state index contributed by atoms with van der Waals surface area (Å²) in [6.45, 7) is 3.58. The second-order valence-corrected chi connectivity index (χ2v) is 10.5. The summed E-state index contributed by atoms with van der Waals surface area (Å²) in [7, 11) is -3.58. The third-order valence-corrected chi connectivity index (χ3v) is 8.06. The first kappa shape index (κ1) is 22.2. The monoisotopic (exact) mass is 452 g/mol. The highest BCUT2D eigenvalue weighted by Crippen LogP contribution is 2.25. The highest BCUT2D eigenvalue weighted by Gasteiger charge is 2.28. The first-order valence-electron chi connectivity index (χ1n) is 9.59. The van der Waals surface area contributed by atoms with Crippen molar-refractivity contribution >= 4 is 39.3 Å². The van der Waals surface area contributed by atoms with Gasteiger partial charge < -0.3 is 5.32 Å². The molecule has 0 spiro atoms. The number of sulfonamides is 1. The lowest BCUT2D eigenvalue weighted by Gasteiger charge is -2.16. The minimum atomic E-state index is -3.58. The molecular formula is C21H25ClN2O3S2. The molecule has 3 rings (SSSR count). The van der Waals surface area contributed by atoms with Gasteiger partial charge in [-0.05, 0) is 43.5 Å². The minimum absolute atomic E-state index is 0.114. The van der Waals surface area contributed by atoms with E-state index in [0.29, 0.717) is 19.6 Å². The molecule has 0 radical (unpaired) electrons. The molecule has 1 aliphatic heterocycles. The number of nitrogens with one attached hydrogen (secondary N) is 1. The molecule has 1 heterocycles. The summed E-state index contributed by atoms with van der Waals surface area (Å²) < 4.78 is 26.9. The molecule has 0 unspecified atom stereocenters. The van der Waals surface area contributed by atoms with E-state index in [2.05, 4.69) is 36.5 Å². The van der Waals surface area contributed by atoms with Gasteiger partial charge in [0.05, 0.1) is 15.5 Å². The molecule has 0 atom stereocenters. The van der Waals surface area contributed by atoms with Crippen molar-refractivity contribution in [3.63, 3.8) is 0 Å². The molecule has 2 aromatic rings. The largest absolute Gasteiger partial charge is 0.351 e. The van der Waals surface area contributed by atoms with Crippen LogP contribution in [-0.4, -0.2) is 44.0 Å². The van der Waals surface area contributed by atoms with E-state index < -0.39 is 10.0 Å². The summed E-state index contributed by atoms with van der Waals surface area (Å²) in [5.74, 6) is 1.27. The third-order valence-electron chi connectivity index (χ3n) is 4.81. The van der Waals surface area contributed by atoms with Crippen LogP contribution in [0.15, 0.2) is 47.4 Å². The Balaban J connectivity index is 1.55. The Morgan fingerprint density at radius 2 is 1.83 bits per heavy atom. The fourth-order valence-electron chi connectivity index (χ4n) is 3.12. The van der Waals surface area contributed by atoms with Crippen LogP contribution < -0.4 is 5.32 Å². The molecule has 0 bridgehead atoms. The van der Waals surface area contributed by atoms with Crippen LogP contribution in [0.1, 0.15) is 34.3 Å². The Kier molecular flexibility index (Phi) is 7.62. The molecule has 1 aliphatic rings. The predicted molar refractivity (Wildman–Crippen MR) is 119 cm³/mol.